The van der Waals surface area contributed by atoms with Crippen LogP contribution in [-0.4, -0.2) is 42.2 Å². The Bertz CT molecular complexity index is 1060. The molecule has 2 heterocycles. The van der Waals surface area contributed by atoms with Crippen LogP contribution in [-0.2, 0) is 16.2 Å². The zero-order valence-electron chi connectivity index (χ0n) is 13.9. The van der Waals surface area contributed by atoms with Gasteiger partial charge < -0.3 is 9.47 Å². The summed E-state index contributed by atoms with van der Waals surface area (Å²) in [5.41, 5.74) is -0.994. The maximum absolute atomic E-state index is 12.8. The number of halogens is 3. The highest BCUT2D eigenvalue weighted by molar-refractivity contribution is 7.92. The normalized spacial score (nSPS) is 12.2. The summed E-state index contributed by atoms with van der Waals surface area (Å²) in [7, 11) is -1.70. The molecule has 0 aliphatic heterocycles. The van der Waals surface area contributed by atoms with Gasteiger partial charge >= 0.3 is 12.2 Å². The molecule has 13 heteroatoms. The van der Waals surface area contributed by atoms with Crippen LogP contribution in [0.4, 0.5) is 19.1 Å². The average Bonchev–Trinajstić information content (AvgIpc) is 3.03. The van der Waals surface area contributed by atoms with Crippen LogP contribution in [0.5, 0.6) is 11.8 Å². The number of nitrogens with zero attached hydrogens (tertiary/aromatic N) is 4. The number of hydrogen-bond donors (Lipinski definition) is 1. The number of alkyl halides is 3. The maximum Gasteiger partial charge on any atom is 0.416 e. The molecule has 1 aromatic carbocycles. The van der Waals surface area contributed by atoms with E-state index in [9.17, 15) is 21.6 Å². The molecular formula is C14H12F3N5O4S. The molecule has 0 unspecified atom stereocenters. The van der Waals surface area contributed by atoms with Crippen LogP contribution in [0.1, 0.15) is 5.56 Å². The molecule has 0 atom stereocenters. The van der Waals surface area contributed by atoms with E-state index in [2.05, 4.69) is 15.1 Å². The molecule has 9 nitrogen and oxygen atoms in total. The first-order valence-corrected chi connectivity index (χ1v) is 8.68. The van der Waals surface area contributed by atoms with Gasteiger partial charge in [0.2, 0.25) is 5.65 Å². The van der Waals surface area contributed by atoms with Gasteiger partial charge in [-0.2, -0.15) is 27.7 Å². The van der Waals surface area contributed by atoms with E-state index < -0.39 is 32.6 Å². The van der Waals surface area contributed by atoms with Crippen molar-refractivity contribution in [2.45, 2.75) is 11.1 Å². The lowest BCUT2D eigenvalue weighted by atomic mass is 10.2. The van der Waals surface area contributed by atoms with Crippen molar-refractivity contribution in [1.29, 1.82) is 0 Å². The minimum atomic E-state index is -4.68. The third kappa shape index (κ3) is 3.58. The maximum atomic E-state index is 12.8. The smallest absolute Gasteiger partial charge is 0.416 e. The molecular weight excluding hydrogens is 391 g/mol. The van der Waals surface area contributed by atoms with Crippen molar-refractivity contribution in [3.63, 3.8) is 0 Å². The first kappa shape index (κ1) is 18.7. The van der Waals surface area contributed by atoms with Crippen LogP contribution in [0, 0.1) is 0 Å². The summed E-state index contributed by atoms with van der Waals surface area (Å²) in [6.07, 6.45) is -3.38. The van der Waals surface area contributed by atoms with Gasteiger partial charge in [0.25, 0.3) is 16.0 Å². The van der Waals surface area contributed by atoms with Crippen molar-refractivity contribution in [3.8, 4) is 11.8 Å². The van der Waals surface area contributed by atoms with Crippen molar-refractivity contribution < 1.29 is 31.1 Å². The number of ether oxygens (including phenoxy) is 2. The van der Waals surface area contributed by atoms with Crippen molar-refractivity contribution in [3.05, 3.63) is 36.0 Å². The lowest BCUT2D eigenvalue weighted by Gasteiger charge is -2.09. The standard InChI is InChI=1S/C14H12F3N5O4S/c1-25-10-7-18-13(26-2)22-11(10)19-12(20-22)21-27(23,24)9-5-3-4-8(6-9)14(15,16)17/h3-7H,1-2H3,(H,20,21). The topological polar surface area (TPSA) is 108 Å². The number of nitrogens with one attached hydrogen (secondary N) is 1. The molecule has 0 fully saturated rings. The number of rotatable bonds is 5. The van der Waals surface area contributed by atoms with Gasteiger partial charge in [-0.25, -0.2) is 13.1 Å². The highest BCUT2D eigenvalue weighted by Gasteiger charge is 2.32. The number of methoxy groups -OCH3 is 2. The molecule has 0 aliphatic rings. The van der Waals surface area contributed by atoms with E-state index in [0.717, 1.165) is 22.7 Å². The molecule has 3 rings (SSSR count). The zero-order chi connectivity index (χ0) is 19.8. The van der Waals surface area contributed by atoms with E-state index in [1.165, 1.54) is 20.4 Å². The molecule has 0 amide bonds. The number of hydrogen-bond acceptors (Lipinski definition) is 7. The van der Waals surface area contributed by atoms with Crippen LogP contribution in [0.2, 0.25) is 0 Å². The van der Waals surface area contributed by atoms with Crippen LogP contribution < -0.4 is 14.2 Å². The Kier molecular flexibility index (Phi) is 4.55. The molecule has 0 bridgehead atoms. The molecule has 0 saturated heterocycles. The first-order chi connectivity index (χ1) is 12.7. The summed E-state index contributed by atoms with van der Waals surface area (Å²) in [4.78, 5) is 7.29. The molecule has 0 spiro atoms. The number of sulfonamides is 1. The van der Waals surface area contributed by atoms with Gasteiger partial charge in [0.15, 0.2) is 5.75 Å². The summed E-state index contributed by atoms with van der Waals surface area (Å²) in [6, 6.07) is 3.30. The minimum Gasteiger partial charge on any atom is -0.491 e. The number of fused-ring (bicyclic) bond motifs is 1. The molecule has 3 aromatic rings. The predicted octanol–water partition coefficient (Wildman–Crippen LogP) is 1.96. The molecule has 1 N–H and O–H groups in total. The quantitative estimate of drug-likeness (QED) is 0.694. The van der Waals surface area contributed by atoms with Crippen molar-refractivity contribution in [1.82, 2.24) is 19.6 Å². The van der Waals surface area contributed by atoms with Crippen LogP contribution >= 0.6 is 0 Å². The number of aromatic nitrogens is 4. The van der Waals surface area contributed by atoms with Crippen molar-refractivity contribution in [2.75, 3.05) is 18.9 Å². The predicted molar refractivity (Wildman–Crippen MR) is 86.1 cm³/mol. The SMILES string of the molecule is COc1cnc(OC)n2nc(NS(=O)(=O)c3cccc(C(F)(F)F)c3)nc12. The lowest BCUT2D eigenvalue weighted by molar-refractivity contribution is -0.137. The average molecular weight is 403 g/mol. The lowest BCUT2D eigenvalue weighted by Crippen LogP contribution is -2.15. The molecule has 144 valence electrons. The summed E-state index contributed by atoms with van der Waals surface area (Å²) >= 11 is 0. The summed E-state index contributed by atoms with van der Waals surface area (Å²) in [6.45, 7) is 0. The Morgan fingerprint density at radius 1 is 1.19 bits per heavy atom. The Morgan fingerprint density at radius 2 is 1.93 bits per heavy atom. The fourth-order valence-corrected chi connectivity index (χ4v) is 3.16. The molecule has 0 radical (unpaired) electrons. The fraction of sp³-hybridized carbons (Fsp3) is 0.214. The largest absolute Gasteiger partial charge is 0.491 e. The van der Waals surface area contributed by atoms with Crippen LogP contribution in [0.25, 0.3) is 5.65 Å². The molecule has 2 aromatic heterocycles. The van der Waals surface area contributed by atoms with Gasteiger partial charge in [-0.1, -0.05) is 6.07 Å². The minimum absolute atomic E-state index is 0.00261. The van der Waals surface area contributed by atoms with E-state index in [0.29, 0.717) is 6.07 Å². The van der Waals surface area contributed by atoms with E-state index in [1.54, 1.807) is 0 Å². The summed E-state index contributed by atoms with van der Waals surface area (Å²) < 4.78 is 76.5. The number of anilines is 1. The number of benzene rings is 1. The van der Waals surface area contributed by atoms with Crippen molar-refractivity contribution >= 4 is 21.6 Å². The van der Waals surface area contributed by atoms with E-state index in [-0.39, 0.29) is 17.4 Å². The molecule has 27 heavy (non-hydrogen) atoms. The Morgan fingerprint density at radius 3 is 2.56 bits per heavy atom. The highest BCUT2D eigenvalue weighted by atomic mass is 32.2. The van der Waals surface area contributed by atoms with Crippen LogP contribution in [0.3, 0.4) is 0 Å². The van der Waals surface area contributed by atoms with Gasteiger partial charge in [0, 0.05) is 0 Å². The monoisotopic (exact) mass is 403 g/mol. The van der Waals surface area contributed by atoms with Gasteiger partial charge in [-0.3, -0.25) is 0 Å². The van der Waals surface area contributed by atoms with Crippen molar-refractivity contribution in [2.24, 2.45) is 0 Å². The van der Waals surface area contributed by atoms with E-state index >= 15 is 0 Å². The Hall–Kier alpha value is -3.09. The van der Waals surface area contributed by atoms with Gasteiger partial charge in [-0.05, 0) is 18.2 Å². The second-order valence-electron chi connectivity index (χ2n) is 5.12. The Balaban J connectivity index is 2.02. The highest BCUT2D eigenvalue weighted by Crippen LogP contribution is 2.31. The third-order valence-corrected chi connectivity index (χ3v) is 4.73. The summed E-state index contributed by atoms with van der Waals surface area (Å²) in [5.74, 6) is -0.204. The second-order valence-corrected chi connectivity index (χ2v) is 6.80. The third-order valence-electron chi connectivity index (χ3n) is 3.40. The van der Waals surface area contributed by atoms with Gasteiger partial charge in [-0.15, -0.1) is 5.10 Å². The molecule has 0 saturated carbocycles. The second kappa shape index (κ2) is 6.57. The van der Waals surface area contributed by atoms with Gasteiger partial charge in [0.1, 0.15) is 0 Å². The summed E-state index contributed by atoms with van der Waals surface area (Å²) in [5, 5.41) is 3.90. The first-order valence-electron chi connectivity index (χ1n) is 7.19. The van der Waals surface area contributed by atoms with Crippen LogP contribution in [0.15, 0.2) is 35.4 Å². The Labute approximate surface area is 150 Å². The van der Waals surface area contributed by atoms with Gasteiger partial charge in [0.05, 0.1) is 30.9 Å². The zero-order valence-corrected chi connectivity index (χ0v) is 14.7. The van der Waals surface area contributed by atoms with E-state index in [1.807, 2.05) is 4.72 Å². The fourth-order valence-electron chi connectivity index (χ4n) is 2.18. The van der Waals surface area contributed by atoms with E-state index in [4.69, 9.17) is 9.47 Å². The molecule has 0 aliphatic carbocycles.